The van der Waals surface area contributed by atoms with Crippen LogP contribution in [-0.4, -0.2) is 12.5 Å². The van der Waals surface area contributed by atoms with Gasteiger partial charge in [-0.25, -0.2) is 0 Å². The summed E-state index contributed by atoms with van der Waals surface area (Å²) in [6.07, 6.45) is 5.24. The number of anilines is 1. The largest absolute Gasteiger partial charge is 0.493 e. The van der Waals surface area contributed by atoms with Crippen LogP contribution in [0.1, 0.15) is 23.6 Å². The topological polar surface area (TPSA) is 38.3 Å². The summed E-state index contributed by atoms with van der Waals surface area (Å²) in [4.78, 5) is 12.1. The van der Waals surface area contributed by atoms with E-state index >= 15 is 0 Å². The molecule has 0 spiro atoms. The fraction of sp³-hybridized carbons (Fsp3) is 0.211. The molecule has 0 unspecified atom stereocenters. The van der Waals surface area contributed by atoms with Crippen LogP contribution in [0.5, 0.6) is 5.75 Å². The molecule has 22 heavy (non-hydrogen) atoms. The van der Waals surface area contributed by atoms with E-state index in [4.69, 9.17) is 4.74 Å². The third-order valence-corrected chi connectivity index (χ3v) is 3.80. The summed E-state index contributed by atoms with van der Waals surface area (Å²) >= 11 is 0. The van der Waals surface area contributed by atoms with Crippen LogP contribution in [0, 0.1) is 0 Å². The molecule has 2 aromatic rings. The van der Waals surface area contributed by atoms with Crippen LogP contribution in [0.25, 0.3) is 6.08 Å². The SMILES string of the molecule is CCc1ccccc1NC(=O)/C=C/c1ccc2c(c1)CCO2. The molecule has 0 saturated carbocycles. The van der Waals surface area contributed by atoms with E-state index in [-0.39, 0.29) is 5.91 Å². The maximum atomic E-state index is 12.1. The van der Waals surface area contributed by atoms with Crippen LogP contribution < -0.4 is 10.1 Å². The summed E-state index contributed by atoms with van der Waals surface area (Å²) in [7, 11) is 0. The van der Waals surface area contributed by atoms with Crippen LogP contribution in [0.2, 0.25) is 0 Å². The molecular formula is C19H19NO2. The minimum Gasteiger partial charge on any atom is -0.493 e. The Balaban J connectivity index is 1.69. The molecule has 1 N–H and O–H groups in total. The Kier molecular flexibility index (Phi) is 4.24. The number of fused-ring (bicyclic) bond motifs is 1. The molecule has 0 atom stereocenters. The standard InChI is InChI=1S/C19H19NO2/c1-2-15-5-3-4-6-17(15)20-19(21)10-8-14-7-9-18-16(13-14)11-12-22-18/h3-10,13H,2,11-12H2,1H3,(H,20,21)/b10-8+. The van der Waals surface area contributed by atoms with Crippen molar-refractivity contribution in [2.75, 3.05) is 11.9 Å². The minimum absolute atomic E-state index is 0.113. The van der Waals surface area contributed by atoms with E-state index in [1.54, 1.807) is 6.08 Å². The van der Waals surface area contributed by atoms with Crippen molar-refractivity contribution < 1.29 is 9.53 Å². The molecule has 3 rings (SSSR count). The third kappa shape index (κ3) is 3.19. The van der Waals surface area contributed by atoms with Crippen molar-refractivity contribution in [3.63, 3.8) is 0 Å². The van der Waals surface area contributed by atoms with Crippen LogP contribution in [0.3, 0.4) is 0 Å². The van der Waals surface area contributed by atoms with Gasteiger partial charge >= 0.3 is 0 Å². The minimum atomic E-state index is -0.113. The lowest BCUT2D eigenvalue weighted by atomic mass is 10.1. The molecule has 3 nitrogen and oxygen atoms in total. The van der Waals surface area contributed by atoms with Gasteiger partial charge in [0, 0.05) is 18.2 Å². The second kappa shape index (κ2) is 6.48. The Morgan fingerprint density at radius 2 is 2.14 bits per heavy atom. The summed E-state index contributed by atoms with van der Waals surface area (Å²) in [5, 5.41) is 2.93. The number of rotatable bonds is 4. The zero-order chi connectivity index (χ0) is 15.4. The van der Waals surface area contributed by atoms with Crippen LogP contribution in [-0.2, 0) is 17.6 Å². The number of para-hydroxylation sites is 1. The molecular weight excluding hydrogens is 274 g/mol. The number of nitrogens with one attached hydrogen (secondary N) is 1. The van der Waals surface area contributed by atoms with Crippen LogP contribution >= 0.6 is 0 Å². The van der Waals surface area contributed by atoms with Gasteiger partial charge in [-0.2, -0.15) is 0 Å². The second-order valence-electron chi connectivity index (χ2n) is 5.30. The van der Waals surface area contributed by atoms with Gasteiger partial charge in [-0.15, -0.1) is 0 Å². The smallest absolute Gasteiger partial charge is 0.248 e. The van der Waals surface area contributed by atoms with Crippen molar-refractivity contribution >= 4 is 17.7 Å². The lowest BCUT2D eigenvalue weighted by Crippen LogP contribution is -2.09. The number of carbonyl (C=O) groups excluding carboxylic acids is 1. The maximum Gasteiger partial charge on any atom is 0.248 e. The molecule has 0 radical (unpaired) electrons. The lowest BCUT2D eigenvalue weighted by Gasteiger charge is -2.07. The molecule has 2 aromatic carbocycles. The Morgan fingerprint density at radius 3 is 3.00 bits per heavy atom. The van der Waals surface area contributed by atoms with Gasteiger partial charge < -0.3 is 10.1 Å². The first-order valence-corrected chi connectivity index (χ1v) is 7.59. The lowest BCUT2D eigenvalue weighted by molar-refractivity contribution is -0.111. The van der Waals surface area contributed by atoms with Gasteiger partial charge in [0.15, 0.2) is 0 Å². The van der Waals surface area contributed by atoms with Crippen molar-refractivity contribution in [2.45, 2.75) is 19.8 Å². The highest BCUT2D eigenvalue weighted by atomic mass is 16.5. The van der Waals surface area contributed by atoms with Gasteiger partial charge in [0.25, 0.3) is 0 Å². The number of hydrogen-bond donors (Lipinski definition) is 1. The van der Waals surface area contributed by atoms with E-state index in [0.29, 0.717) is 0 Å². The fourth-order valence-electron chi connectivity index (χ4n) is 2.61. The van der Waals surface area contributed by atoms with Crippen LogP contribution in [0.4, 0.5) is 5.69 Å². The quantitative estimate of drug-likeness (QED) is 0.870. The van der Waals surface area contributed by atoms with E-state index in [1.807, 2.05) is 42.5 Å². The predicted molar refractivity (Wildman–Crippen MR) is 89.1 cm³/mol. The number of hydrogen-bond acceptors (Lipinski definition) is 2. The molecule has 0 aliphatic carbocycles. The highest BCUT2D eigenvalue weighted by Gasteiger charge is 2.11. The molecule has 1 heterocycles. The first kappa shape index (κ1) is 14.4. The van der Waals surface area contributed by atoms with E-state index in [2.05, 4.69) is 18.3 Å². The number of benzene rings is 2. The van der Waals surface area contributed by atoms with Crippen molar-refractivity contribution in [1.29, 1.82) is 0 Å². The van der Waals surface area contributed by atoms with Gasteiger partial charge in [0.05, 0.1) is 6.61 Å². The summed E-state index contributed by atoms with van der Waals surface area (Å²) in [5.41, 5.74) is 4.24. The van der Waals surface area contributed by atoms with E-state index in [1.165, 1.54) is 5.56 Å². The van der Waals surface area contributed by atoms with Gasteiger partial charge in [0.1, 0.15) is 5.75 Å². The van der Waals surface area contributed by atoms with Crippen molar-refractivity contribution in [2.24, 2.45) is 0 Å². The van der Waals surface area contributed by atoms with E-state index < -0.39 is 0 Å². The Hall–Kier alpha value is -2.55. The second-order valence-corrected chi connectivity index (χ2v) is 5.30. The summed E-state index contributed by atoms with van der Waals surface area (Å²) in [6, 6.07) is 13.9. The Morgan fingerprint density at radius 1 is 1.27 bits per heavy atom. The van der Waals surface area contributed by atoms with Crippen molar-refractivity contribution in [3.8, 4) is 5.75 Å². The molecule has 0 bridgehead atoms. The average Bonchev–Trinajstić information content (AvgIpc) is 3.01. The zero-order valence-corrected chi connectivity index (χ0v) is 12.6. The fourth-order valence-corrected chi connectivity index (χ4v) is 2.61. The molecule has 1 aliphatic rings. The molecule has 1 aliphatic heterocycles. The first-order chi connectivity index (χ1) is 10.8. The Bertz CT molecular complexity index is 719. The molecule has 0 fully saturated rings. The van der Waals surface area contributed by atoms with Crippen molar-refractivity contribution in [3.05, 3.63) is 65.2 Å². The average molecular weight is 293 g/mol. The molecule has 0 aromatic heterocycles. The normalized spacial score (nSPS) is 13.0. The van der Waals surface area contributed by atoms with Crippen molar-refractivity contribution in [1.82, 2.24) is 0 Å². The summed E-state index contributed by atoms with van der Waals surface area (Å²) in [6.45, 7) is 2.82. The molecule has 0 saturated heterocycles. The zero-order valence-electron chi connectivity index (χ0n) is 12.6. The number of ether oxygens (including phenoxy) is 1. The molecule has 1 amide bonds. The van der Waals surface area contributed by atoms with Gasteiger partial charge in [0.2, 0.25) is 5.91 Å². The van der Waals surface area contributed by atoms with Gasteiger partial charge in [-0.3, -0.25) is 4.79 Å². The first-order valence-electron chi connectivity index (χ1n) is 7.59. The Labute approximate surface area is 130 Å². The number of amides is 1. The monoisotopic (exact) mass is 293 g/mol. The van der Waals surface area contributed by atoms with Gasteiger partial charge in [-0.05, 0) is 47.4 Å². The third-order valence-electron chi connectivity index (χ3n) is 3.80. The maximum absolute atomic E-state index is 12.1. The summed E-state index contributed by atoms with van der Waals surface area (Å²) < 4.78 is 5.48. The highest BCUT2D eigenvalue weighted by Crippen LogP contribution is 2.26. The number of aryl methyl sites for hydroxylation is 1. The van der Waals surface area contributed by atoms with E-state index in [0.717, 1.165) is 42.0 Å². The molecule has 112 valence electrons. The summed E-state index contributed by atoms with van der Waals surface area (Å²) in [5.74, 6) is 0.844. The van der Waals surface area contributed by atoms with Crippen LogP contribution in [0.15, 0.2) is 48.5 Å². The number of carbonyl (C=O) groups is 1. The van der Waals surface area contributed by atoms with E-state index in [9.17, 15) is 4.79 Å². The molecule has 3 heteroatoms. The van der Waals surface area contributed by atoms with Gasteiger partial charge in [-0.1, -0.05) is 31.2 Å². The predicted octanol–water partition coefficient (Wildman–Crippen LogP) is 3.84. The highest BCUT2D eigenvalue weighted by molar-refractivity contribution is 6.02.